The van der Waals surface area contributed by atoms with E-state index < -0.39 is 16.1 Å². The van der Waals surface area contributed by atoms with Crippen LogP contribution in [0.4, 0.5) is 4.79 Å². The van der Waals surface area contributed by atoms with Gasteiger partial charge in [0.2, 0.25) is 10.0 Å². The van der Waals surface area contributed by atoms with Crippen LogP contribution in [0.25, 0.3) is 0 Å². The van der Waals surface area contributed by atoms with Gasteiger partial charge in [0.05, 0.1) is 5.75 Å². The second-order valence-electron chi connectivity index (χ2n) is 4.97. The van der Waals surface area contributed by atoms with Crippen LogP contribution >= 0.6 is 15.9 Å². The molecule has 1 aromatic carbocycles. The van der Waals surface area contributed by atoms with Crippen molar-refractivity contribution in [1.82, 2.24) is 9.62 Å². The fraction of sp³-hybridized carbons (Fsp3) is 0.462. The molecule has 0 spiro atoms. The van der Waals surface area contributed by atoms with E-state index in [0.717, 1.165) is 10.0 Å². The molecule has 1 heterocycles. The summed E-state index contributed by atoms with van der Waals surface area (Å²) in [7, 11) is -3.38. The third kappa shape index (κ3) is 4.42. The molecule has 0 unspecified atom stereocenters. The van der Waals surface area contributed by atoms with Crippen molar-refractivity contribution in [2.75, 3.05) is 13.1 Å². The summed E-state index contributed by atoms with van der Waals surface area (Å²) in [5, 5.41) is 11.1. The Kier molecular flexibility index (Phi) is 5.23. The fourth-order valence-corrected chi connectivity index (χ4v) is 4.56. The number of rotatable bonds is 4. The average Bonchev–Trinajstić information content (AvgIpc) is 2.41. The van der Waals surface area contributed by atoms with Crippen LogP contribution in [0.3, 0.4) is 0 Å². The normalized spacial score (nSPS) is 17.6. The number of amides is 1. The van der Waals surface area contributed by atoms with Gasteiger partial charge in [0, 0.05) is 23.6 Å². The number of nitrogens with one attached hydrogen (secondary N) is 1. The van der Waals surface area contributed by atoms with Gasteiger partial charge in [0.15, 0.2) is 0 Å². The van der Waals surface area contributed by atoms with E-state index in [2.05, 4.69) is 21.2 Å². The van der Waals surface area contributed by atoms with Crippen molar-refractivity contribution in [3.63, 3.8) is 0 Å². The first-order valence-electron chi connectivity index (χ1n) is 6.59. The molecule has 1 fully saturated rings. The maximum absolute atomic E-state index is 12.4. The van der Waals surface area contributed by atoms with E-state index in [1.54, 1.807) is 12.1 Å². The van der Waals surface area contributed by atoms with E-state index in [9.17, 15) is 13.2 Å². The number of hydrogen-bond donors (Lipinski definition) is 2. The first kappa shape index (κ1) is 16.3. The SMILES string of the molecule is O=C(O)NC1CCN(S(=O)(=O)Cc2ccccc2Br)CC1. The van der Waals surface area contributed by atoms with Crippen molar-refractivity contribution >= 4 is 32.0 Å². The second-order valence-corrected chi connectivity index (χ2v) is 7.79. The average molecular weight is 377 g/mol. The van der Waals surface area contributed by atoms with Gasteiger partial charge in [-0.25, -0.2) is 17.5 Å². The molecule has 0 aromatic heterocycles. The molecule has 21 heavy (non-hydrogen) atoms. The van der Waals surface area contributed by atoms with Crippen molar-refractivity contribution in [3.8, 4) is 0 Å². The first-order valence-corrected chi connectivity index (χ1v) is 8.99. The zero-order valence-corrected chi connectivity index (χ0v) is 13.7. The lowest BCUT2D eigenvalue weighted by Gasteiger charge is -2.31. The Morgan fingerprint density at radius 2 is 1.95 bits per heavy atom. The van der Waals surface area contributed by atoms with Gasteiger partial charge < -0.3 is 10.4 Å². The lowest BCUT2D eigenvalue weighted by Crippen LogP contribution is -2.46. The van der Waals surface area contributed by atoms with E-state index in [4.69, 9.17) is 5.11 Å². The minimum atomic E-state index is -3.38. The molecule has 8 heteroatoms. The number of carboxylic acid groups (broad SMARTS) is 1. The van der Waals surface area contributed by atoms with Crippen LogP contribution in [-0.4, -0.2) is 43.1 Å². The van der Waals surface area contributed by atoms with E-state index in [1.165, 1.54) is 4.31 Å². The molecular formula is C13H17BrN2O4S. The Balaban J connectivity index is 1.99. The summed E-state index contributed by atoms with van der Waals surface area (Å²) in [4.78, 5) is 10.6. The molecule has 1 aliphatic rings. The molecule has 6 nitrogen and oxygen atoms in total. The molecule has 2 N–H and O–H groups in total. The van der Waals surface area contributed by atoms with E-state index in [1.807, 2.05) is 12.1 Å². The summed E-state index contributed by atoms with van der Waals surface area (Å²) in [6.07, 6.45) is -0.0623. The van der Waals surface area contributed by atoms with Crippen LogP contribution in [0.15, 0.2) is 28.7 Å². The monoisotopic (exact) mass is 376 g/mol. The zero-order chi connectivity index (χ0) is 15.5. The Hall–Kier alpha value is -1.12. The van der Waals surface area contributed by atoms with Gasteiger partial charge in [-0.05, 0) is 24.5 Å². The minimum absolute atomic E-state index is 0.0501. The quantitative estimate of drug-likeness (QED) is 0.841. The van der Waals surface area contributed by atoms with Gasteiger partial charge in [-0.2, -0.15) is 0 Å². The maximum atomic E-state index is 12.4. The van der Waals surface area contributed by atoms with Crippen molar-refractivity contribution in [2.45, 2.75) is 24.6 Å². The largest absolute Gasteiger partial charge is 0.465 e. The minimum Gasteiger partial charge on any atom is -0.465 e. The molecule has 1 amide bonds. The second kappa shape index (κ2) is 6.76. The van der Waals surface area contributed by atoms with Crippen LogP contribution in [0, 0.1) is 0 Å². The predicted octanol–water partition coefficient (Wildman–Crippen LogP) is 2.01. The molecular weight excluding hydrogens is 360 g/mol. The summed E-state index contributed by atoms with van der Waals surface area (Å²) in [6.45, 7) is 0.690. The van der Waals surface area contributed by atoms with Crippen molar-refractivity contribution in [2.24, 2.45) is 0 Å². The Labute approximate surface area is 132 Å². The Bertz CT molecular complexity index is 612. The van der Waals surface area contributed by atoms with Crippen molar-refractivity contribution < 1.29 is 18.3 Å². The van der Waals surface area contributed by atoms with Gasteiger partial charge in [0.1, 0.15) is 0 Å². The molecule has 2 rings (SSSR count). The molecule has 1 aliphatic heterocycles. The molecule has 1 saturated heterocycles. The predicted molar refractivity (Wildman–Crippen MR) is 82.5 cm³/mol. The summed E-state index contributed by atoms with van der Waals surface area (Å²) in [5.41, 5.74) is 0.725. The number of hydrogen-bond acceptors (Lipinski definition) is 3. The number of piperidine rings is 1. The highest BCUT2D eigenvalue weighted by Gasteiger charge is 2.29. The zero-order valence-electron chi connectivity index (χ0n) is 11.3. The maximum Gasteiger partial charge on any atom is 0.404 e. The topological polar surface area (TPSA) is 86.7 Å². The summed E-state index contributed by atoms with van der Waals surface area (Å²) in [6, 6.07) is 7.06. The fourth-order valence-electron chi connectivity index (χ4n) is 2.36. The van der Waals surface area contributed by atoms with Crippen LogP contribution in [0.5, 0.6) is 0 Å². The summed E-state index contributed by atoms with van der Waals surface area (Å²) in [5.74, 6) is -0.0501. The number of halogens is 1. The third-order valence-electron chi connectivity index (χ3n) is 3.47. The number of carbonyl (C=O) groups is 1. The molecule has 0 atom stereocenters. The van der Waals surface area contributed by atoms with Crippen LogP contribution in [0.2, 0.25) is 0 Å². The van der Waals surface area contributed by atoms with Crippen LogP contribution in [-0.2, 0) is 15.8 Å². The smallest absolute Gasteiger partial charge is 0.404 e. The van der Waals surface area contributed by atoms with Crippen LogP contribution < -0.4 is 5.32 Å². The highest BCUT2D eigenvalue weighted by molar-refractivity contribution is 9.10. The highest BCUT2D eigenvalue weighted by atomic mass is 79.9. The molecule has 0 saturated carbocycles. The first-order chi connectivity index (χ1) is 9.88. The Morgan fingerprint density at radius 1 is 1.33 bits per heavy atom. The van der Waals surface area contributed by atoms with Gasteiger partial charge in [0.25, 0.3) is 0 Å². The third-order valence-corrected chi connectivity index (χ3v) is 6.07. The molecule has 116 valence electrons. The number of benzene rings is 1. The van der Waals surface area contributed by atoms with Gasteiger partial charge >= 0.3 is 6.09 Å². The van der Waals surface area contributed by atoms with E-state index in [-0.39, 0.29) is 11.8 Å². The van der Waals surface area contributed by atoms with Gasteiger partial charge in [-0.1, -0.05) is 34.1 Å². The molecule has 0 radical (unpaired) electrons. The lowest BCUT2D eigenvalue weighted by atomic mass is 10.1. The standard InChI is InChI=1S/C13H17BrN2O4S/c14-12-4-2-1-3-10(12)9-21(19,20)16-7-5-11(6-8-16)15-13(17)18/h1-4,11,15H,5-9H2,(H,17,18). The van der Waals surface area contributed by atoms with Crippen LogP contribution in [0.1, 0.15) is 18.4 Å². The highest BCUT2D eigenvalue weighted by Crippen LogP contribution is 2.22. The lowest BCUT2D eigenvalue weighted by molar-refractivity contribution is 0.183. The van der Waals surface area contributed by atoms with Crippen molar-refractivity contribution in [1.29, 1.82) is 0 Å². The van der Waals surface area contributed by atoms with E-state index >= 15 is 0 Å². The van der Waals surface area contributed by atoms with Crippen molar-refractivity contribution in [3.05, 3.63) is 34.3 Å². The summed E-state index contributed by atoms with van der Waals surface area (Å²) < 4.78 is 27.0. The van der Waals surface area contributed by atoms with Gasteiger partial charge in [-0.3, -0.25) is 0 Å². The Morgan fingerprint density at radius 3 is 2.52 bits per heavy atom. The molecule has 1 aromatic rings. The number of nitrogens with zero attached hydrogens (tertiary/aromatic N) is 1. The molecule has 0 bridgehead atoms. The number of sulfonamides is 1. The van der Waals surface area contributed by atoms with Gasteiger partial charge in [-0.15, -0.1) is 0 Å². The summed E-state index contributed by atoms with van der Waals surface area (Å²) >= 11 is 3.35. The van der Waals surface area contributed by atoms with E-state index in [0.29, 0.717) is 25.9 Å². The molecule has 0 aliphatic carbocycles.